The van der Waals surface area contributed by atoms with Crippen molar-refractivity contribution in [1.82, 2.24) is 0 Å². The molecule has 0 aliphatic rings. The summed E-state index contributed by atoms with van der Waals surface area (Å²) in [5.74, 6) is 0.540. The lowest BCUT2D eigenvalue weighted by molar-refractivity contribution is -0.122. The van der Waals surface area contributed by atoms with Crippen LogP contribution in [0, 0.1) is 20.8 Å². The molecule has 0 aliphatic heterocycles. The highest BCUT2D eigenvalue weighted by atomic mass is 35.5. The molecular weight excluding hydrogens is 310 g/mol. The molecule has 2 aromatic carbocycles. The minimum Gasteiger partial charge on any atom is -0.481 e. The topological polar surface area (TPSA) is 38.3 Å². The normalized spacial score (nSPS) is 11.9. The quantitative estimate of drug-likeness (QED) is 0.831. The Balaban J connectivity index is 2.10. The van der Waals surface area contributed by atoms with Crippen LogP contribution in [-0.2, 0) is 4.79 Å². The number of nitrogens with one attached hydrogen (secondary N) is 1. The Morgan fingerprint density at radius 2 is 1.78 bits per heavy atom. The summed E-state index contributed by atoms with van der Waals surface area (Å²) in [4.78, 5) is 12.4. The van der Waals surface area contributed by atoms with Gasteiger partial charge in [-0.3, -0.25) is 4.79 Å². The third kappa shape index (κ3) is 4.73. The van der Waals surface area contributed by atoms with Crippen LogP contribution < -0.4 is 10.1 Å². The summed E-state index contributed by atoms with van der Waals surface area (Å²) in [6.45, 7) is 7.87. The lowest BCUT2D eigenvalue weighted by Gasteiger charge is -2.18. The number of hydrogen-bond acceptors (Lipinski definition) is 2. The monoisotopic (exact) mass is 331 g/mol. The summed E-state index contributed by atoms with van der Waals surface area (Å²) >= 11 is 6.09. The van der Waals surface area contributed by atoms with Crippen molar-refractivity contribution >= 4 is 23.2 Å². The maximum Gasteiger partial charge on any atom is 0.265 e. The van der Waals surface area contributed by atoms with Gasteiger partial charge in [-0.05, 0) is 68.1 Å². The second kappa shape index (κ2) is 7.51. The van der Waals surface area contributed by atoms with Crippen LogP contribution in [-0.4, -0.2) is 12.0 Å². The standard InChI is InChI=1S/C19H22ClNO2/c1-5-18(23-16-9-12(2)8-13(3)10-16)19(22)21-15-7-6-14(4)17(20)11-15/h6-11,18H,5H2,1-4H3,(H,21,22)/t18-/m1/s1. The molecule has 0 aromatic heterocycles. The van der Waals surface area contributed by atoms with Crippen LogP contribution in [0.15, 0.2) is 36.4 Å². The van der Waals surface area contributed by atoms with Gasteiger partial charge in [0, 0.05) is 10.7 Å². The van der Waals surface area contributed by atoms with Gasteiger partial charge in [0.25, 0.3) is 5.91 Å². The number of hydrogen-bond donors (Lipinski definition) is 1. The van der Waals surface area contributed by atoms with E-state index in [1.807, 2.05) is 52.0 Å². The van der Waals surface area contributed by atoms with E-state index in [9.17, 15) is 4.79 Å². The second-order valence-electron chi connectivity index (χ2n) is 5.79. The van der Waals surface area contributed by atoms with E-state index >= 15 is 0 Å². The van der Waals surface area contributed by atoms with E-state index in [4.69, 9.17) is 16.3 Å². The first-order valence-electron chi connectivity index (χ1n) is 7.71. The predicted octanol–water partition coefficient (Wildman–Crippen LogP) is 5.06. The average molecular weight is 332 g/mol. The number of amides is 1. The van der Waals surface area contributed by atoms with Gasteiger partial charge in [0.05, 0.1) is 0 Å². The number of rotatable bonds is 5. The van der Waals surface area contributed by atoms with Gasteiger partial charge in [0.2, 0.25) is 0 Å². The van der Waals surface area contributed by atoms with Crippen LogP contribution in [0.4, 0.5) is 5.69 Å². The van der Waals surface area contributed by atoms with Crippen molar-refractivity contribution < 1.29 is 9.53 Å². The van der Waals surface area contributed by atoms with Gasteiger partial charge in [-0.25, -0.2) is 0 Å². The summed E-state index contributed by atoms with van der Waals surface area (Å²) in [7, 11) is 0. The largest absolute Gasteiger partial charge is 0.481 e. The van der Waals surface area contributed by atoms with Crippen LogP contribution >= 0.6 is 11.6 Å². The van der Waals surface area contributed by atoms with Crippen molar-refractivity contribution in [3.05, 3.63) is 58.1 Å². The van der Waals surface area contributed by atoms with Crippen molar-refractivity contribution in [2.24, 2.45) is 0 Å². The second-order valence-corrected chi connectivity index (χ2v) is 6.20. The lowest BCUT2D eigenvalue weighted by atomic mass is 10.1. The third-order valence-corrected chi connectivity index (χ3v) is 3.98. The lowest BCUT2D eigenvalue weighted by Crippen LogP contribution is -2.32. The number of benzene rings is 2. The van der Waals surface area contributed by atoms with Crippen molar-refractivity contribution in [3.8, 4) is 5.75 Å². The van der Waals surface area contributed by atoms with E-state index in [-0.39, 0.29) is 5.91 Å². The molecular formula is C19H22ClNO2. The Morgan fingerprint density at radius 1 is 1.13 bits per heavy atom. The van der Waals surface area contributed by atoms with Gasteiger partial charge in [0.1, 0.15) is 5.75 Å². The molecule has 1 N–H and O–H groups in total. The molecule has 0 radical (unpaired) electrons. The predicted molar refractivity (Wildman–Crippen MR) is 95.4 cm³/mol. The SMILES string of the molecule is CC[C@@H](Oc1cc(C)cc(C)c1)C(=O)Nc1ccc(C)c(Cl)c1. The van der Waals surface area contributed by atoms with E-state index in [0.717, 1.165) is 16.7 Å². The first kappa shape index (κ1) is 17.4. The van der Waals surface area contributed by atoms with E-state index in [1.165, 1.54) is 0 Å². The maximum absolute atomic E-state index is 12.4. The summed E-state index contributed by atoms with van der Waals surface area (Å²) in [5.41, 5.74) is 3.87. The molecule has 0 saturated heterocycles. The van der Waals surface area contributed by atoms with Crippen molar-refractivity contribution in [1.29, 1.82) is 0 Å². The number of carbonyl (C=O) groups excluding carboxylic acids is 1. The van der Waals surface area contributed by atoms with Crippen LogP contribution in [0.5, 0.6) is 5.75 Å². The van der Waals surface area contributed by atoms with E-state index in [2.05, 4.69) is 11.4 Å². The molecule has 0 aliphatic carbocycles. The zero-order chi connectivity index (χ0) is 17.0. The fraction of sp³-hybridized carbons (Fsp3) is 0.316. The molecule has 122 valence electrons. The minimum absolute atomic E-state index is 0.174. The number of carbonyl (C=O) groups is 1. The summed E-state index contributed by atoms with van der Waals surface area (Å²) in [6.07, 6.45) is 0.0366. The highest BCUT2D eigenvalue weighted by Crippen LogP contribution is 2.22. The Kier molecular flexibility index (Phi) is 5.67. The van der Waals surface area contributed by atoms with Gasteiger partial charge in [0.15, 0.2) is 6.10 Å². The molecule has 0 unspecified atom stereocenters. The van der Waals surface area contributed by atoms with Gasteiger partial charge in [-0.2, -0.15) is 0 Å². The molecule has 1 atom stereocenters. The van der Waals surface area contributed by atoms with Gasteiger partial charge in [-0.15, -0.1) is 0 Å². The number of aryl methyl sites for hydroxylation is 3. The highest BCUT2D eigenvalue weighted by Gasteiger charge is 2.19. The third-order valence-electron chi connectivity index (χ3n) is 3.58. The molecule has 4 heteroatoms. The number of halogens is 1. The Bertz CT molecular complexity index is 692. The van der Waals surface area contributed by atoms with E-state index in [0.29, 0.717) is 22.9 Å². The van der Waals surface area contributed by atoms with Crippen LogP contribution in [0.3, 0.4) is 0 Å². The molecule has 0 spiro atoms. The van der Waals surface area contributed by atoms with Crippen LogP contribution in [0.2, 0.25) is 5.02 Å². The molecule has 1 amide bonds. The maximum atomic E-state index is 12.4. The molecule has 0 fully saturated rings. The molecule has 23 heavy (non-hydrogen) atoms. The van der Waals surface area contributed by atoms with Crippen molar-refractivity contribution in [2.75, 3.05) is 5.32 Å². The highest BCUT2D eigenvalue weighted by molar-refractivity contribution is 6.31. The fourth-order valence-corrected chi connectivity index (χ4v) is 2.56. The Morgan fingerprint density at radius 3 is 2.35 bits per heavy atom. The fourth-order valence-electron chi connectivity index (χ4n) is 2.38. The van der Waals surface area contributed by atoms with Gasteiger partial charge >= 0.3 is 0 Å². The first-order valence-corrected chi connectivity index (χ1v) is 8.09. The van der Waals surface area contributed by atoms with Crippen molar-refractivity contribution in [2.45, 2.75) is 40.2 Å². The molecule has 0 heterocycles. The smallest absolute Gasteiger partial charge is 0.265 e. The molecule has 2 rings (SSSR count). The average Bonchev–Trinajstić information content (AvgIpc) is 2.47. The zero-order valence-corrected chi connectivity index (χ0v) is 14.7. The summed E-state index contributed by atoms with van der Waals surface area (Å²) in [6, 6.07) is 11.4. The summed E-state index contributed by atoms with van der Waals surface area (Å²) in [5, 5.41) is 3.49. The summed E-state index contributed by atoms with van der Waals surface area (Å²) < 4.78 is 5.87. The molecule has 3 nitrogen and oxygen atoms in total. The molecule has 0 bridgehead atoms. The van der Waals surface area contributed by atoms with Gasteiger partial charge in [-0.1, -0.05) is 30.7 Å². The Hall–Kier alpha value is -2.00. The van der Waals surface area contributed by atoms with Crippen molar-refractivity contribution in [3.63, 3.8) is 0 Å². The molecule has 2 aromatic rings. The van der Waals surface area contributed by atoms with Crippen LogP contribution in [0.25, 0.3) is 0 Å². The number of ether oxygens (including phenoxy) is 1. The van der Waals surface area contributed by atoms with E-state index in [1.54, 1.807) is 6.07 Å². The van der Waals surface area contributed by atoms with Gasteiger partial charge < -0.3 is 10.1 Å². The number of anilines is 1. The Labute approximate surface area is 142 Å². The molecule has 0 saturated carbocycles. The zero-order valence-electron chi connectivity index (χ0n) is 13.9. The van der Waals surface area contributed by atoms with E-state index < -0.39 is 6.10 Å². The van der Waals surface area contributed by atoms with Crippen LogP contribution in [0.1, 0.15) is 30.0 Å². The first-order chi connectivity index (χ1) is 10.9. The minimum atomic E-state index is -0.545.